The van der Waals surface area contributed by atoms with E-state index >= 15 is 0 Å². The van der Waals surface area contributed by atoms with Gasteiger partial charge in [-0.3, -0.25) is 4.79 Å². The van der Waals surface area contributed by atoms with Crippen LogP contribution in [0.25, 0.3) is 5.76 Å². The van der Waals surface area contributed by atoms with Crippen LogP contribution in [0.1, 0.15) is 51.5 Å². The molecule has 0 saturated heterocycles. The second kappa shape index (κ2) is 13.0. The Bertz CT molecular complexity index is 591. The zero-order valence-electron chi connectivity index (χ0n) is 15.8. The lowest BCUT2D eigenvalue weighted by Crippen LogP contribution is -2.14. The molecule has 1 aromatic rings. The first-order valence-corrected chi connectivity index (χ1v) is 9.27. The van der Waals surface area contributed by atoms with Gasteiger partial charge < -0.3 is 20.3 Å². The van der Waals surface area contributed by atoms with E-state index in [1.807, 2.05) is 0 Å². The van der Waals surface area contributed by atoms with Crippen LogP contribution in [0.5, 0.6) is 5.75 Å². The zero-order valence-corrected chi connectivity index (χ0v) is 15.8. The van der Waals surface area contributed by atoms with Crippen LogP contribution in [-0.4, -0.2) is 35.8 Å². The molecule has 0 amide bonds. The normalized spacial score (nSPS) is 12.1. The number of aliphatic hydroxyl groups excluding tert-OH is 2. The lowest BCUT2D eigenvalue weighted by Gasteiger charge is -2.07. The highest BCUT2D eigenvalue weighted by Crippen LogP contribution is 2.17. The zero-order chi connectivity index (χ0) is 19.2. The van der Waals surface area contributed by atoms with Crippen LogP contribution in [0, 0.1) is 0 Å². The molecule has 3 N–H and O–H groups in total. The van der Waals surface area contributed by atoms with Crippen molar-refractivity contribution in [1.82, 2.24) is 5.32 Å². The molecular formula is C21H31NO4. The van der Waals surface area contributed by atoms with Crippen LogP contribution >= 0.6 is 0 Å². The summed E-state index contributed by atoms with van der Waals surface area (Å²) in [4.78, 5) is 11.9. The molecule has 0 spiro atoms. The quantitative estimate of drug-likeness (QED) is 0.281. The molecule has 0 unspecified atom stereocenters. The Kier molecular flexibility index (Phi) is 10.9. The second-order valence-corrected chi connectivity index (χ2v) is 6.20. The van der Waals surface area contributed by atoms with Gasteiger partial charge in [0, 0.05) is 36.6 Å². The number of aliphatic hydroxyl groups is 2. The first-order chi connectivity index (χ1) is 12.6. The van der Waals surface area contributed by atoms with Gasteiger partial charge in [-0.2, -0.15) is 0 Å². The minimum absolute atomic E-state index is 0.0797. The van der Waals surface area contributed by atoms with Gasteiger partial charge in [-0.05, 0) is 44.0 Å². The van der Waals surface area contributed by atoms with Crippen molar-refractivity contribution in [2.45, 2.75) is 46.0 Å². The molecule has 144 valence electrons. The fourth-order valence-corrected chi connectivity index (χ4v) is 2.33. The molecule has 0 fully saturated rings. The Morgan fingerprint density at radius 2 is 1.85 bits per heavy atom. The molecule has 26 heavy (non-hydrogen) atoms. The maximum atomic E-state index is 11.9. The van der Waals surface area contributed by atoms with Crippen LogP contribution < -0.4 is 10.1 Å². The number of hydrogen-bond donors (Lipinski definition) is 3. The van der Waals surface area contributed by atoms with E-state index in [9.17, 15) is 9.90 Å². The number of ether oxygens (including phenoxy) is 1. The Morgan fingerprint density at radius 1 is 1.12 bits per heavy atom. The third-order valence-corrected chi connectivity index (χ3v) is 3.79. The monoisotopic (exact) mass is 361 g/mol. The van der Waals surface area contributed by atoms with Gasteiger partial charge in [0.1, 0.15) is 11.5 Å². The number of carbonyl (C=O) groups is 1. The predicted molar refractivity (Wildman–Crippen MR) is 105 cm³/mol. The van der Waals surface area contributed by atoms with Crippen LogP contribution in [0.3, 0.4) is 0 Å². The minimum atomic E-state index is -0.298. The average molecular weight is 361 g/mol. The van der Waals surface area contributed by atoms with Gasteiger partial charge in [0.05, 0.1) is 6.61 Å². The van der Waals surface area contributed by atoms with Crippen molar-refractivity contribution in [1.29, 1.82) is 0 Å². The fourth-order valence-electron chi connectivity index (χ4n) is 2.33. The van der Waals surface area contributed by atoms with Crippen molar-refractivity contribution < 1.29 is 19.7 Å². The second-order valence-electron chi connectivity index (χ2n) is 6.20. The van der Waals surface area contributed by atoms with Crippen molar-refractivity contribution in [2.24, 2.45) is 0 Å². The molecule has 5 heteroatoms. The van der Waals surface area contributed by atoms with Crippen molar-refractivity contribution in [3.63, 3.8) is 0 Å². The summed E-state index contributed by atoms with van der Waals surface area (Å²) < 4.78 is 5.66. The smallest absolute Gasteiger partial charge is 0.184 e. The van der Waals surface area contributed by atoms with E-state index < -0.39 is 0 Å². The van der Waals surface area contributed by atoms with Crippen molar-refractivity contribution in [3.05, 3.63) is 47.7 Å². The molecule has 0 radical (unpaired) electrons. The number of nitrogens with one attached hydrogen (secondary N) is 1. The van der Waals surface area contributed by atoms with E-state index in [1.54, 1.807) is 31.2 Å². The first kappa shape index (κ1) is 21.8. The third kappa shape index (κ3) is 9.28. The van der Waals surface area contributed by atoms with E-state index in [1.165, 1.54) is 31.4 Å². The van der Waals surface area contributed by atoms with Crippen LogP contribution in [0.2, 0.25) is 0 Å². The van der Waals surface area contributed by atoms with Gasteiger partial charge >= 0.3 is 0 Å². The summed E-state index contributed by atoms with van der Waals surface area (Å²) in [6.45, 7) is 5.34. The van der Waals surface area contributed by atoms with E-state index in [0.717, 1.165) is 12.2 Å². The molecule has 0 saturated carbocycles. The molecule has 0 atom stereocenters. The molecule has 1 rings (SSSR count). The van der Waals surface area contributed by atoms with E-state index in [2.05, 4.69) is 12.2 Å². The van der Waals surface area contributed by atoms with Gasteiger partial charge in [-0.1, -0.05) is 26.2 Å². The number of carbonyl (C=O) groups excluding carboxylic acids is 1. The number of allylic oxidation sites excluding steroid dienone is 3. The minimum Gasteiger partial charge on any atom is -0.507 e. The summed E-state index contributed by atoms with van der Waals surface area (Å²) in [5.41, 5.74) is 1.26. The van der Waals surface area contributed by atoms with Crippen molar-refractivity contribution in [2.75, 3.05) is 19.8 Å². The molecule has 0 aliphatic carbocycles. The van der Waals surface area contributed by atoms with Crippen molar-refractivity contribution in [3.8, 4) is 5.75 Å². The van der Waals surface area contributed by atoms with Gasteiger partial charge in [0.2, 0.25) is 0 Å². The Labute approximate surface area is 156 Å². The lowest BCUT2D eigenvalue weighted by molar-refractivity contribution is -0.110. The maximum absolute atomic E-state index is 11.9. The molecule has 0 bridgehead atoms. The summed E-state index contributed by atoms with van der Waals surface area (Å²) in [5, 5.41) is 21.8. The highest BCUT2D eigenvalue weighted by molar-refractivity contribution is 6.03. The first-order valence-electron chi connectivity index (χ1n) is 9.27. The standard InChI is InChI=1S/C21H31NO4/c1-3-4-5-6-14-26-20-10-8-18(9-11-20)21(25)16-19(24)15-17(2)22-12-7-13-23/h8-11,15-16,22-23,25H,3-7,12-14H2,1-2H3/b17-15+,21-16-. The maximum Gasteiger partial charge on any atom is 0.184 e. The molecule has 0 aliphatic heterocycles. The van der Waals surface area contributed by atoms with E-state index in [0.29, 0.717) is 30.8 Å². The van der Waals surface area contributed by atoms with Gasteiger partial charge in [0.25, 0.3) is 0 Å². The van der Waals surface area contributed by atoms with Gasteiger partial charge in [0.15, 0.2) is 5.78 Å². The summed E-state index contributed by atoms with van der Waals surface area (Å²) in [6, 6.07) is 7.05. The number of ketones is 1. The molecule has 1 aromatic carbocycles. The van der Waals surface area contributed by atoms with Crippen molar-refractivity contribution >= 4 is 11.5 Å². The molecule has 0 aromatic heterocycles. The van der Waals surface area contributed by atoms with Gasteiger partial charge in [-0.25, -0.2) is 0 Å². The summed E-state index contributed by atoms with van der Waals surface area (Å²) >= 11 is 0. The highest BCUT2D eigenvalue weighted by Gasteiger charge is 2.03. The molecule has 0 aliphatic rings. The molecule has 0 heterocycles. The van der Waals surface area contributed by atoms with E-state index in [4.69, 9.17) is 9.84 Å². The molecular weight excluding hydrogens is 330 g/mol. The summed E-state index contributed by atoms with van der Waals surface area (Å²) in [6.07, 6.45) is 7.86. The van der Waals surface area contributed by atoms with E-state index in [-0.39, 0.29) is 18.1 Å². The average Bonchev–Trinajstić information content (AvgIpc) is 2.62. The SMILES string of the molecule is CCCCCCOc1ccc(/C(O)=C/C(=O)/C=C(\C)NCCCO)cc1. The lowest BCUT2D eigenvalue weighted by atomic mass is 10.1. The number of rotatable bonds is 13. The Balaban J connectivity index is 2.52. The highest BCUT2D eigenvalue weighted by atomic mass is 16.5. The summed E-state index contributed by atoms with van der Waals surface area (Å²) in [5.74, 6) is 0.379. The Hall–Kier alpha value is -2.27. The van der Waals surface area contributed by atoms with Crippen LogP contribution in [0.4, 0.5) is 0 Å². The number of unbranched alkanes of at least 4 members (excludes halogenated alkanes) is 3. The van der Waals surface area contributed by atoms with Crippen LogP contribution in [-0.2, 0) is 4.79 Å². The largest absolute Gasteiger partial charge is 0.507 e. The number of benzene rings is 1. The third-order valence-electron chi connectivity index (χ3n) is 3.79. The summed E-state index contributed by atoms with van der Waals surface area (Å²) in [7, 11) is 0. The Morgan fingerprint density at radius 3 is 2.50 bits per heavy atom. The number of hydrogen-bond acceptors (Lipinski definition) is 5. The topological polar surface area (TPSA) is 78.8 Å². The predicted octanol–water partition coefficient (Wildman–Crippen LogP) is 3.99. The fraction of sp³-hybridized carbons (Fsp3) is 0.476. The van der Waals surface area contributed by atoms with Gasteiger partial charge in [-0.15, -0.1) is 0 Å². The van der Waals surface area contributed by atoms with Crippen LogP contribution in [0.15, 0.2) is 42.1 Å². The molecule has 5 nitrogen and oxygen atoms in total.